The Morgan fingerprint density at radius 3 is 2.03 bits per heavy atom. The zero-order valence-electron chi connectivity index (χ0n) is 22.5. The lowest BCUT2D eigenvalue weighted by atomic mass is 9.62. The van der Waals surface area contributed by atoms with E-state index >= 15 is 0 Å². The molecule has 0 unspecified atom stereocenters. The molecule has 0 fully saturated rings. The standard InChI is InChI=1S/C32H34N2O3/c1-7-34-27-13-12-22(19(2)35)16-26(27)33-29(20-8-10-21(11-9-20)30(36)37)23-17-24-25(18-28(23)34)32(5,6)15-14-31(24,3)4/h8-13,16-18H,7,14-15H2,1-6H3,(H,36,37). The Bertz CT molecular complexity index is 1460. The van der Waals surface area contributed by atoms with Crippen molar-refractivity contribution < 1.29 is 14.7 Å². The minimum atomic E-state index is -0.957. The largest absolute Gasteiger partial charge is 0.478 e. The summed E-state index contributed by atoms with van der Waals surface area (Å²) in [6, 6.07) is 17.3. The van der Waals surface area contributed by atoms with Gasteiger partial charge in [0.25, 0.3) is 0 Å². The molecule has 0 atom stereocenters. The Balaban J connectivity index is 1.85. The minimum Gasteiger partial charge on any atom is -0.478 e. The number of hydrogen-bond acceptors (Lipinski definition) is 4. The summed E-state index contributed by atoms with van der Waals surface area (Å²) < 4.78 is 0. The predicted octanol–water partition coefficient (Wildman–Crippen LogP) is 7.58. The SMILES string of the molecule is CCN1c2ccc(C(C)=O)cc2N=C(c2ccc(C(=O)O)cc2)c2cc3c(cc21)C(C)(C)CCC3(C)C. The van der Waals surface area contributed by atoms with Crippen molar-refractivity contribution in [3.05, 3.63) is 88.0 Å². The molecule has 0 spiro atoms. The van der Waals surface area contributed by atoms with Crippen molar-refractivity contribution in [3.63, 3.8) is 0 Å². The molecule has 190 valence electrons. The molecular weight excluding hydrogens is 460 g/mol. The molecule has 0 saturated heterocycles. The number of fused-ring (bicyclic) bond motifs is 3. The molecule has 0 radical (unpaired) electrons. The summed E-state index contributed by atoms with van der Waals surface area (Å²) in [5.41, 5.74) is 9.06. The van der Waals surface area contributed by atoms with Crippen molar-refractivity contribution in [2.45, 2.75) is 65.2 Å². The molecule has 0 saturated carbocycles. The molecule has 0 amide bonds. The Morgan fingerprint density at radius 2 is 1.46 bits per heavy atom. The number of carbonyl (C=O) groups is 2. The summed E-state index contributed by atoms with van der Waals surface area (Å²) in [6.07, 6.45) is 2.22. The highest BCUT2D eigenvalue weighted by Gasteiger charge is 2.39. The third-order valence-corrected chi connectivity index (χ3v) is 8.14. The number of rotatable bonds is 4. The molecule has 5 rings (SSSR count). The molecule has 5 heteroatoms. The van der Waals surface area contributed by atoms with Gasteiger partial charge in [-0.2, -0.15) is 0 Å². The van der Waals surface area contributed by atoms with E-state index in [4.69, 9.17) is 4.99 Å². The highest BCUT2D eigenvalue weighted by Crippen LogP contribution is 2.50. The van der Waals surface area contributed by atoms with E-state index in [0.717, 1.165) is 53.3 Å². The van der Waals surface area contributed by atoms with Crippen LogP contribution in [0.4, 0.5) is 17.1 Å². The number of benzene rings is 3. The molecule has 1 heterocycles. The van der Waals surface area contributed by atoms with E-state index in [1.54, 1.807) is 19.1 Å². The van der Waals surface area contributed by atoms with Gasteiger partial charge in [0.15, 0.2) is 5.78 Å². The molecule has 0 aromatic heterocycles. The van der Waals surface area contributed by atoms with Crippen molar-refractivity contribution in [1.29, 1.82) is 0 Å². The van der Waals surface area contributed by atoms with Gasteiger partial charge in [-0.3, -0.25) is 4.79 Å². The first kappa shape index (κ1) is 24.9. The maximum atomic E-state index is 12.2. The Morgan fingerprint density at radius 1 is 0.865 bits per heavy atom. The number of carboxylic acid groups (broad SMARTS) is 1. The lowest BCUT2D eigenvalue weighted by Gasteiger charge is -2.43. The Labute approximate surface area is 218 Å². The van der Waals surface area contributed by atoms with Crippen LogP contribution in [0.25, 0.3) is 0 Å². The fraction of sp³-hybridized carbons (Fsp3) is 0.344. The second-order valence-electron chi connectivity index (χ2n) is 11.5. The lowest BCUT2D eigenvalue weighted by Crippen LogP contribution is -2.34. The molecule has 2 aliphatic rings. The third-order valence-electron chi connectivity index (χ3n) is 8.14. The summed E-state index contributed by atoms with van der Waals surface area (Å²) in [5.74, 6) is -0.962. The molecular formula is C32H34N2O3. The third kappa shape index (κ3) is 4.16. The molecule has 5 nitrogen and oxygen atoms in total. The quantitative estimate of drug-likeness (QED) is 0.380. The summed E-state index contributed by atoms with van der Waals surface area (Å²) in [4.78, 5) is 31.2. The van der Waals surface area contributed by atoms with Crippen molar-refractivity contribution in [3.8, 4) is 0 Å². The van der Waals surface area contributed by atoms with Gasteiger partial charge in [-0.1, -0.05) is 39.8 Å². The maximum absolute atomic E-state index is 12.2. The van der Waals surface area contributed by atoms with Gasteiger partial charge in [0.05, 0.1) is 28.3 Å². The Hall–Kier alpha value is -3.73. The average molecular weight is 495 g/mol. The number of carbonyl (C=O) groups excluding carboxylic acids is 1. The summed E-state index contributed by atoms with van der Waals surface area (Å²) in [6.45, 7) is 13.7. The van der Waals surface area contributed by atoms with E-state index in [2.05, 4.69) is 51.7 Å². The van der Waals surface area contributed by atoms with Crippen LogP contribution in [0.2, 0.25) is 0 Å². The van der Waals surface area contributed by atoms with Crippen LogP contribution in [0.3, 0.4) is 0 Å². The minimum absolute atomic E-state index is 0.00543. The van der Waals surface area contributed by atoms with Gasteiger partial charge < -0.3 is 10.0 Å². The van der Waals surface area contributed by atoms with Gasteiger partial charge in [-0.05, 0) is 91.1 Å². The number of nitrogens with zero attached hydrogens (tertiary/aromatic N) is 2. The van der Waals surface area contributed by atoms with Gasteiger partial charge >= 0.3 is 5.97 Å². The monoisotopic (exact) mass is 494 g/mol. The molecule has 3 aromatic carbocycles. The number of Topliss-reactive ketones (excluding diaryl/α,β-unsaturated/α-hetero) is 1. The first-order valence-corrected chi connectivity index (χ1v) is 13.0. The van der Waals surface area contributed by atoms with Crippen LogP contribution in [-0.2, 0) is 10.8 Å². The van der Waals surface area contributed by atoms with Crippen LogP contribution in [0.1, 0.15) is 97.4 Å². The first-order valence-electron chi connectivity index (χ1n) is 13.0. The fourth-order valence-corrected chi connectivity index (χ4v) is 5.72. The predicted molar refractivity (Wildman–Crippen MR) is 150 cm³/mol. The summed E-state index contributed by atoms with van der Waals surface area (Å²) in [7, 11) is 0. The number of anilines is 2. The molecule has 1 aliphatic carbocycles. The molecule has 0 bridgehead atoms. The van der Waals surface area contributed by atoms with Crippen LogP contribution < -0.4 is 4.90 Å². The Kier molecular flexibility index (Phi) is 5.86. The van der Waals surface area contributed by atoms with Crippen LogP contribution in [0.5, 0.6) is 0 Å². The van der Waals surface area contributed by atoms with E-state index in [1.165, 1.54) is 11.1 Å². The highest BCUT2D eigenvalue weighted by molar-refractivity contribution is 6.19. The molecule has 1 aliphatic heterocycles. The van der Waals surface area contributed by atoms with Gasteiger partial charge in [0.2, 0.25) is 0 Å². The zero-order chi connectivity index (χ0) is 26.7. The molecule has 1 N–H and O–H groups in total. The van der Waals surface area contributed by atoms with Crippen molar-refractivity contribution in [2.24, 2.45) is 4.99 Å². The van der Waals surface area contributed by atoms with Crippen LogP contribution in [-0.4, -0.2) is 29.1 Å². The van der Waals surface area contributed by atoms with Crippen LogP contribution >= 0.6 is 0 Å². The molecule has 3 aromatic rings. The number of ketones is 1. The van der Waals surface area contributed by atoms with E-state index in [1.807, 2.05) is 30.3 Å². The highest BCUT2D eigenvalue weighted by atomic mass is 16.4. The normalized spacial score (nSPS) is 17.1. The zero-order valence-corrected chi connectivity index (χ0v) is 22.5. The van der Waals surface area contributed by atoms with Crippen molar-refractivity contribution in [1.82, 2.24) is 0 Å². The van der Waals surface area contributed by atoms with Crippen LogP contribution in [0.15, 0.2) is 59.6 Å². The van der Waals surface area contributed by atoms with Crippen molar-refractivity contribution in [2.75, 3.05) is 11.4 Å². The number of aromatic carboxylic acids is 1. The maximum Gasteiger partial charge on any atom is 0.335 e. The van der Waals surface area contributed by atoms with Gasteiger partial charge in [0, 0.05) is 23.2 Å². The molecule has 37 heavy (non-hydrogen) atoms. The van der Waals surface area contributed by atoms with E-state index in [0.29, 0.717) is 5.56 Å². The second kappa shape index (κ2) is 8.69. The summed E-state index contributed by atoms with van der Waals surface area (Å²) >= 11 is 0. The summed E-state index contributed by atoms with van der Waals surface area (Å²) in [5, 5.41) is 9.44. The first-order chi connectivity index (χ1) is 17.4. The number of carboxylic acids is 1. The second-order valence-corrected chi connectivity index (χ2v) is 11.5. The van der Waals surface area contributed by atoms with Crippen molar-refractivity contribution >= 4 is 34.5 Å². The number of aliphatic imine (C=N–C) groups is 1. The topological polar surface area (TPSA) is 70.0 Å². The number of hydrogen-bond donors (Lipinski definition) is 1. The van der Waals surface area contributed by atoms with Crippen LogP contribution in [0, 0.1) is 0 Å². The van der Waals surface area contributed by atoms with Gasteiger partial charge in [-0.15, -0.1) is 0 Å². The van der Waals surface area contributed by atoms with E-state index < -0.39 is 5.97 Å². The smallest absolute Gasteiger partial charge is 0.335 e. The van der Waals surface area contributed by atoms with Gasteiger partial charge in [0.1, 0.15) is 0 Å². The van der Waals surface area contributed by atoms with E-state index in [-0.39, 0.29) is 22.2 Å². The lowest BCUT2D eigenvalue weighted by molar-refractivity contribution is 0.0696. The van der Waals surface area contributed by atoms with Gasteiger partial charge in [-0.25, -0.2) is 9.79 Å². The average Bonchev–Trinajstić information content (AvgIpc) is 2.99. The fourth-order valence-electron chi connectivity index (χ4n) is 5.72. The van der Waals surface area contributed by atoms with E-state index in [9.17, 15) is 14.7 Å².